The van der Waals surface area contributed by atoms with E-state index in [9.17, 15) is 0 Å². The van der Waals surface area contributed by atoms with Gasteiger partial charge in [-0.15, -0.1) is 5.10 Å². The summed E-state index contributed by atoms with van der Waals surface area (Å²) in [6, 6.07) is 0.448. The summed E-state index contributed by atoms with van der Waals surface area (Å²) >= 11 is 1.57. The number of rotatable bonds is 10. The van der Waals surface area contributed by atoms with E-state index in [1.807, 2.05) is 0 Å². The van der Waals surface area contributed by atoms with Crippen LogP contribution in [0.4, 0.5) is 0 Å². The van der Waals surface area contributed by atoms with Crippen LogP contribution in [-0.2, 0) is 0 Å². The molecule has 0 aliphatic heterocycles. The molecule has 0 aliphatic rings. The molecule has 1 unspecified atom stereocenters. The Hall–Kier alpha value is -0.480. The van der Waals surface area contributed by atoms with Crippen LogP contribution < -0.4 is 5.32 Å². The Morgan fingerprint density at radius 2 is 1.84 bits per heavy atom. The average molecular weight is 283 g/mol. The molecule has 0 saturated heterocycles. The molecule has 0 aromatic carbocycles. The Morgan fingerprint density at radius 3 is 2.47 bits per heavy atom. The zero-order valence-electron chi connectivity index (χ0n) is 12.9. The Morgan fingerprint density at radius 1 is 1.11 bits per heavy atom. The molecular weight excluding hydrogens is 254 g/mol. The SMILES string of the molecule is CCCCCCCC(NCC)c1snnc1C(C)C. The molecule has 1 rings (SSSR count). The van der Waals surface area contributed by atoms with Crippen LogP contribution in [0.2, 0.25) is 0 Å². The fourth-order valence-electron chi connectivity index (χ4n) is 2.37. The molecule has 4 heteroatoms. The molecule has 1 aromatic rings. The monoisotopic (exact) mass is 283 g/mol. The molecule has 1 N–H and O–H groups in total. The van der Waals surface area contributed by atoms with E-state index < -0.39 is 0 Å². The van der Waals surface area contributed by atoms with E-state index in [0.717, 1.165) is 6.54 Å². The average Bonchev–Trinajstić information content (AvgIpc) is 2.86. The lowest BCUT2D eigenvalue weighted by molar-refractivity contribution is 0.479. The molecule has 0 fully saturated rings. The summed E-state index contributed by atoms with van der Waals surface area (Å²) < 4.78 is 4.16. The van der Waals surface area contributed by atoms with Crippen molar-refractivity contribution in [3.05, 3.63) is 10.6 Å². The molecule has 1 atom stereocenters. The minimum absolute atomic E-state index is 0.448. The summed E-state index contributed by atoms with van der Waals surface area (Å²) in [5.41, 5.74) is 1.18. The second-order valence-electron chi connectivity index (χ2n) is 5.49. The third-order valence-electron chi connectivity index (χ3n) is 3.45. The van der Waals surface area contributed by atoms with E-state index in [1.165, 1.54) is 49.1 Å². The fraction of sp³-hybridized carbons (Fsp3) is 0.867. The third kappa shape index (κ3) is 5.57. The van der Waals surface area contributed by atoms with Crippen LogP contribution in [0.5, 0.6) is 0 Å². The highest BCUT2D eigenvalue weighted by Gasteiger charge is 2.19. The number of hydrogen-bond donors (Lipinski definition) is 1. The minimum atomic E-state index is 0.448. The lowest BCUT2D eigenvalue weighted by Gasteiger charge is -2.18. The van der Waals surface area contributed by atoms with Crippen LogP contribution in [-0.4, -0.2) is 16.1 Å². The fourth-order valence-corrected chi connectivity index (χ4v) is 3.29. The van der Waals surface area contributed by atoms with Crippen LogP contribution in [0.1, 0.15) is 88.8 Å². The molecule has 0 saturated carbocycles. The second-order valence-corrected chi connectivity index (χ2v) is 6.28. The van der Waals surface area contributed by atoms with Gasteiger partial charge >= 0.3 is 0 Å². The van der Waals surface area contributed by atoms with Crippen molar-refractivity contribution in [1.29, 1.82) is 0 Å². The van der Waals surface area contributed by atoms with E-state index in [4.69, 9.17) is 0 Å². The second kappa shape index (κ2) is 9.43. The highest BCUT2D eigenvalue weighted by molar-refractivity contribution is 7.05. The van der Waals surface area contributed by atoms with Gasteiger partial charge < -0.3 is 5.32 Å². The van der Waals surface area contributed by atoms with Gasteiger partial charge in [-0.05, 0) is 30.4 Å². The van der Waals surface area contributed by atoms with Gasteiger partial charge in [0.1, 0.15) is 0 Å². The molecule has 0 aliphatic carbocycles. The van der Waals surface area contributed by atoms with Crippen molar-refractivity contribution in [1.82, 2.24) is 14.9 Å². The number of unbranched alkanes of at least 4 members (excludes halogenated alkanes) is 4. The molecule has 1 heterocycles. The summed E-state index contributed by atoms with van der Waals surface area (Å²) in [5, 5.41) is 7.91. The number of aromatic nitrogens is 2. The summed E-state index contributed by atoms with van der Waals surface area (Å²) in [4.78, 5) is 1.35. The maximum atomic E-state index is 4.31. The molecule has 110 valence electrons. The third-order valence-corrected chi connectivity index (χ3v) is 4.30. The Labute approximate surface area is 122 Å². The molecule has 0 bridgehead atoms. The summed E-state index contributed by atoms with van der Waals surface area (Å²) in [6.45, 7) is 9.84. The van der Waals surface area contributed by atoms with Gasteiger partial charge in [0.25, 0.3) is 0 Å². The van der Waals surface area contributed by atoms with E-state index >= 15 is 0 Å². The van der Waals surface area contributed by atoms with Gasteiger partial charge in [-0.3, -0.25) is 0 Å². The quantitative estimate of drug-likeness (QED) is 0.634. The molecule has 0 amide bonds. The lowest BCUT2D eigenvalue weighted by Crippen LogP contribution is -2.21. The van der Waals surface area contributed by atoms with Crippen LogP contribution in [0, 0.1) is 0 Å². The van der Waals surface area contributed by atoms with E-state index in [1.54, 1.807) is 11.5 Å². The molecule has 3 nitrogen and oxygen atoms in total. The zero-order valence-corrected chi connectivity index (χ0v) is 13.7. The first kappa shape index (κ1) is 16.6. The van der Waals surface area contributed by atoms with Crippen molar-refractivity contribution >= 4 is 11.5 Å². The van der Waals surface area contributed by atoms with Gasteiger partial charge in [-0.25, -0.2) is 0 Å². The van der Waals surface area contributed by atoms with E-state index in [0.29, 0.717) is 12.0 Å². The van der Waals surface area contributed by atoms with Crippen LogP contribution in [0.15, 0.2) is 0 Å². The zero-order chi connectivity index (χ0) is 14.1. The van der Waals surface area contributed by atoms with Crippen molar-refractivity contribution in [3.63, 3.8) is 0 Å². The molecule has 19 heavy (non-hydrogen) atoms. The Bertz CT molecular complexity index is 336. The highest BCUT2D eigenvalue weighted by atomic mass is 32.1. The summed E-state index contributed by atoms with van der Waals surface area (Å²) in [6.07, 6.45) is 7.90. The molecule has 0 radical (unpaired) electrons. The van der Waals surface area contributed by atoms with Crippen molar-refractivity contribution in [2.45, 2.75) is 78.2 Å². The largest absolute Gasteiger partial charge is 0.309 e. The smallest absolute Gasteiger partial charge is 0.0829 e. The van der Waals surface area contributed by atoms with Crippen LogP contribution in [0.3, 0.4) is 0 Å². The first-order valence-corrected chi connectivity index (χ1v) is 8.53. The van der Waals surface area contributed by atoms with Gasteiger partial charge in [0.15, 0.2) is 0 Å². The first-order valence-electron chi connectivity index (χ1n) is 7.76. The van der Waals surface area contributed by atoms with Crippen molar-refractivity contribution in [3.8, 4) is 0 Å². The van der Waals surface area contributed by atoms with Crippen LogP contribution in [0.25, 0.3) is 0 Å². The predicted molar refractivity (Wildman–Crippen MR) is 83.8 cm³/mol. The Kier molecular flexibility index (Phi) is 8.22. The van der Waals surface area contributed by atoms with Gasteiger partial charge in [-0.1, -0.05) is 64.3 Å². The summed E-state index contributed by atoms with van der Waals surface area (Å²) in [5.74, 6) is 0.468. The van der Waals surface area contributed by atoms with Crippen molar-refractivity contribution in [2.75, 3.05) is 6.54 Å². The topological polar surface area (TPSA) is 37.8 Å². The minimum Gasteiger partial charge on any atom is -0.309 e. The standard InChI is InChI=1S/C15H29N3S/c1-5-7-8-9-10-11-13(16-6-2)15-14(12(3)4)17-18-19-15/h12-13,16H,5-11H2,1-4H3. The summed E-state index contributed by atoms with van der Waals surface area (Å²) in [7, 11) is 0. The van der Waals surface area contributed by atoms with Gasteiger partial charge in [0, 0.05) is 6.04 Å². The van der Waals surface area contributed by atoms with E-state index in [2.05, 4.69) is 42.6 Å². The number of hydrogen-bond acceptors (Lipinski definition) is 4. The molecule has 0 spiro atoms. The molecule has 1 aromatic heterocycles. The molecular formula is C15H29N3S. The maximum absolute atomic E-state index is 4.31. The van der Waals surface area contributed by atoms with Crippen LogP contribution >= 0.6 is 11.5 Å². The predicted octanol–water partition coefficient (Wildman–Crippen LogP) is 4.67. The Balaban J connectivity index is 2.53. The van der Waals surface area contributed by atoms with Crippen molar-refractivity contribution < 1.29 is 0 Å². The van der Waals surface area contributed by atoms with Gasteiger partial charge in [0.2, 0.25) is 0 Å². The van der Waals surface area contributed by atoms with Gasteiger partial charge in [0.05, 0.1) is 10.6 Å². The first-order chi connectivity index (χ1) is 9.20. The highest BCUT2D eigenvalue weighted by Crippen LogP contribution is 2.29. The number of nitrogens with one attached hydrogen (secondary N) is 1. The van der Waals surface area contributed by atoms with E-state index in [-0.39, 0.29) is 0 Å². The number of nitrogens with zero attached hydrogens (tertiary/aromatic N) is 2. The van der Waals surface area contributed by atoms with Crippen molar-refractivity contribution in [2.24, 2.45) is 0 Å². The lowest BCUT2D eigenvalue weighted by atomic mass is 10.0. The van der Waals surface area contributed by atoms with Gasteiger partial charge in [-0.2, -0.15) is 0 Å². The maximum Gasteiger partial charge on any atom is 0.0829 e. The normalized spacial score (nSPS) is 13.1.